The van der Waals surface area contributed by atoms with Gasteiger partial charge >= 0.3 is 0 Å². The number of amides is 2. The Balaban J connectivity index is 1.85. The van der Waals surface area contributed by atoms with Gasteiger partial charge in [-0.3, -0.25) is 14.3 Å². The summed E-state index contributed by atoms with van der Waals surface area (Å²) in [5.74, 6) is -1.92. The molecule has 1 aromatic heterocycles. The molecule has 0 radical (unpaired) electrons. The van der Waals surface area contributed by atoms with E-state index in [4.69, 9.17) is 0 Å². The maximum absolute atomic E-state index is 14.8. The fourth-order valence-corrected chi connectivity index (χ4v) is 6.26. The molecule has 13 heteroatoms. The van der Waals surface area contributed by atoms with Gasteiger partial charge in [-0.05, 0) is 30.2 Å². The van der Waals surface area contributed by atoms with Gasteiger partial charge < -0.3 is 10.6 Å². The summed E-state index contributed by atoms with van der Waals surface area (Å²) in [5.41, 5.74) is -0.630. The van der Waals surface area contributed by atoms with Gasteiger partial charge in [-0.1, -0.05) is 32.9 Å². The van der Waals surface area contributed by atoms with Crippen molar-refractivity contribution in [2.24, 2.45) is 11.3 Å². The zero-order valence-electron chi connectivity index (χ0n) is 20.9. The van der Waals surface area contributed by atoms with Crippen LogP contribution in [0.25, 0.3) is 10.9 Å². The molecular weight excluding hydrogens is 511 g/mol. The van der Waals surface area contributed by atoms with Gasteiger partial charge in [0, 0.05) is 24.7 Å². The molecule has 1 saturated heterocycles. The number of aromatic nitrogens is 2. The lowest BCUT2D eigenvalue weighted by Gasteiger charge is -2.30. The van der Waals surface area contributed by atoms with Gasteiger partial charge in [0.15, 0.2) is 5.69 Å². The summed E-state index contributed by atoms with van der Waals surface area (Å²) in [4.78, 5) is 26.1. The molecule has 36 heavy (non-hydrogen) atoms. The second-order valence-corrected chi connectivity index (χ2v) is 15.0. The van der Waals surface area contributed by atoms with E-state index in [-0.39, 0.29) is 52.9 Å². The predicted molar refractivity (Wildman–Crippen MR) is 134 cm³/mol. The number of carbonyl (C=O) groups is 2. The molecule has 2 aromatic rings. The van der Waals surface area contributed by atoms with Gasteiger partial charge in [-0.2, -0.15) is 5.10 Å². The first kappa shape index (κ1) is 28.0. The third-order valence-corrected chi connectivity index (χ3v) is 8.88. The third kappa shape index (κ3) is 7.02. The fraction of sp³-hybridized carbons (Fsp3) is 0.609. The lowest BCUT2D eigenvalue weighted by atomic mass is 9.86. The number of halogens is 1. The van der Waals surface area contributed by atoms with Crippen LogP contribution < -0.4 is 10.6 Å². The summed E-state index contributed by atoms with van der Waals surface area (Å²) in [5, 5.41) is 9.88. The van der Waals surface area contributed by atoms with Crippen LogP contribution in [0.2, 0.25) is 0 Å². The van der Waals surface area contributed by atoms with Gasteiger partial charge in [0.1, 0.15) is 37.1 Å². The van der Waals surface area contributed by atoms with E-state index in [1.165, 1.54) is 16.8 Å². The Labute approximate surface area is 210 Å². The molecule has 3 rings (SSSR count). The van der Waals surface area contributed by atoms with Crippen LogP contribution in [0.3, 0.4) is 0 Å². The van der Waals surface area contributed by atoms with Crippen LogP contribution in [0.4, 0.5) is 4.39 Å². The van der Waals surface area contributed by atoms with Crippen LogP contribution in [0, 0.1) is 17.2 Å². The van der Waals surface area contributed by atoms with Gasteiger partial charge in [-0.15, -0.1) is 0 Å². The molecule has 2 N–H and O–H groups in total. The van der Waals surface area contributed by atoms with Crippen LogP contribution in [0.5, 0.6) is 0 Å². The molecule has 1 aromatic carbocycles. The number of para-hydroxylation sites is 1. The van der Waals surface area contributed by atoms with Gasteiger partial charge in [0.25, 0.3) is 5.91 Å². The monoisotopic (exact) mass is 544 g/mol. The normalized spacial score (nSPS) is 17.6. The van der Waals surface area contributed by atoms with Gasteiger partial charge in [0.2, 0.25) is 5.91 Å². The summed E-state index contributed by atoms with van der Waals surface area (Å²) < 4.78 is 62.5. The minimum atomic E-state index is -3.28. The van der Waals surface area contributed by atoms with E-state index in [1.807, 2.05) is 0 Å². The molecule has 1 unspecified atom stereocenters. The first-order valence-corrected chi connectivity index (χ1v) is 15.6. The van der Waals surface area contributed by atoms with E-state index in [1.54, 1.807) is 26.8 Å². The second kappa shape index (κ2) is 10.4. The van der Waals surface area contributed by atoms with E-state index >= 15 is 0 Å². The number of carbonyl (C=O) groups excluding carboxylic acids is 2. The average Bonchev–Trinajstić information content (AvgIpc) is 3.11. The average molecular weight is 545 g/mol. The Hall–Kier alpha value is -2.54. The van der Waals surface area contributed by atoms with Gasteiger partial charge in [-0.25, -0.2) is 21.2 Å². The van der Waals surface area contributed by atoms with Crippen molar-refractivity contribution >= 4 is 42.4 Å². The molecule has 1 atom stereocenters. The van der Waals surface area contributed by atoms with Gasteiger partial charge in [0.05, 0.1) is 17.3 Å². The molecule has 0 aliphatic carbocycles. The molecule has 2 amide bonds. The van der Waals surface area contributed by atoms with Crippen LogP contribution >= 0.6 is 0 Å². The highest BCUT2D eigenvalue weighted by Crippen LogP contribution is 2.27. The number of rotatable bonds is 8. The lowest BCUT2D eigenvalue weighted by molar-refractivity contribution is -0.125. The van der Waals surface area contributed by atoms with Crippen LogP contribution in [0.15, 0.2) is 18.2 Å². The number of nitrogens with zero attached hydrogens (tertiary/aromatic N) is 2. The summed E-state index contributed by atoms with van der Waals surface area (Å²) in [6.07, 6.45) is 1.92. The lowest BCUT2D eigenvalue weighted by Crippen LogP contribution is -2.54. The minimum Gasteiger partial charge on any atom is -0.353 e. The molecule has 10 nitrogen and oxygen atoms in total. The Kier molecular flexibility index (Phi) is 8.13. The first-order chi connectivity index (χ1) is 16.6. The quantitative estimate of drug-likeness (QED) is 0.510. The number of hydrogen-bond acceptors (Lipinski definition) is 7. The van der Waals surface area contributed by atoms with Crippen LogP contribution in [-0.2, 0) is 31.0 Å². The zero-order valence-corrected chi connectivity index (χ0v) is 22.5. The summed E-state index contributed by atoms with van der Waals surface area (Å²) >= 11 is 0. The Morgan fingerprint density at radius 1 is 1.22 bits per heavy atom. The van der Waals surface area contributed by atoms with Crippen molar-refractivity contribution < 1.29 is 30.8 Å². The molecule has 0 bridgehead atoms. The van der Waals surface area contributed by atoms with Crippen molar-refractivity contribution in [2.75, 3.05) is 30.1 Å². The van der Waals surface area contributed by atoms with E-state index in [0.29, 0.717) is 12.8 Å². The molecular formula is C23H33FN4O6S2. The molecule has 1 aliphatic heterocycles. The molecule has 0 saturated carbocycles. The molecule has 1 fully saturated rings. The highest BCUT2D eigenvalue weighted by atomic mass is 32.2. The number of fused-ring (bicyclic) bond motifs is 1. The summed E-state index contributed by atoms with van der Waals surface area (Å²) in [6, 6.07) is 3.29. The van der Waals surface area contributed by atoms with Crippen molar-refractivity contribution in [3.63, 3.8) is 0 Å². The summed E-state index contributed by atoms with van der Waals surface area (Å²) in [7, 11) is -6.33. The number of sulfone groups is 2. The molecule has 1 aliphatic rings. The Morgan fingerprint density at radius 2 is 1.86 bits per heavy atom. The fourth-order valence-electron chi connectivity index (χ4n) is 4.20. The zero-order chi connectivity index (χ0) is 26.9. The van der Waals surface area contributed by atoms with Crippen molar-refractivity contribution in [2.45, 2.75) is 46.2 Å². The largest absolute Gasteiger partial charge is 0.353 e. The van der Waals surface area contributed by atoms with E-state index in [9.17, 15) is 30.8 Å². The number of benzene rings is 1. The summed E-state index contributed by atoms with van der Waals surface area (Å²) in [6.45, 7) is 5.42. The molecule has 200 valence electrons. The third-order valence-electron chi connectivity index (χ3n) is 6.22. The topological polar surface area (TPSA) is 144 Å². The van der Waals surface area contributed by atoms with Crippen molar-refractivity contribution in [1.29, 1.82) is 0 Å². The standard InChI is InChI=1S/C23H33FN4O6S2/c1-23(2,3)20(22(30)25-10-13-35(4,31)32)26-21(29)18-16-6-5-7-17(24)19(16)28(27-18)14-15-8-11-36(33,34)12-9-15/h5-7,15,20H,8-14H2,1-4H3,(H,25,30)(H,26,29). The SMILES string of the molecule is CC(C)(C)C(NC(=O)c1nn(CC2CCS(=O)(=O)CC2)c2c(F)cccc12)C(=O)NCCS(C)(=O)=O. The maximum atomic E-state index is 14.8. The van der Waals surface area contributed by atoms with E-state index in [2.05, 4.69) is 15.7 Å². The van der Waals surface area contributed by atoms with Crippen molar-refractivity contribution in [3.8, 4) is 0 Å². The first-order valence-electron chi connectivity index (χ1n) is 11.7. The van der Waals surface area contributed by atoms with Crippen LogP contribution in [-0.4, -0.2) is 74.5 Å². The predicted octanol–water partition coefficient (Wildman–Crippen LogP) is 1.31. The molecule has 2 heterocycles. The maximum Gasteiger partial charge on any atom is 0.273 e. The highest BCUT2D eigenvalue weighted by Gasteiger charge is 2.34. The molecule has 0 spiro atoms. The van der Waals surface area contributed by atoms with E-state index < -0.39 is 48.8 Å². The highest BCUT2D eigenvalue weighted by molar-refractivity contribution is 7.91. The Bertz CT molecular complexity index is 1350. The number of nitrogens with one attached hydrogen (secondary N) is 2. The second-order valence-electron chi connectivity index (χ2n) is 10.5. The smallest absolute Gasteiger partial charge is 0.273 e. The van der Waals surface area contributed by atoms with Crippen molar-refractivity contribution in [1.82, 2.24) is 20.4 Å². The number of hydrogen-bond donors (Lipinski definition) is 2. The van der Waals surface area contributed by atoms with E-state index in [0.717, 1.165) is 6.26 Å². The Morgan fingerprint density at radius 3 is 2.44 bits per heavy atom. The minimum absolute atomic E-state index is 0.0323. The van der Waals surface area contributed by atoms with Crippen LogP contribution in [0.1, 0.15) is 44.1 Å². The van der Waals surface area contributed by atoms with Crippen molar-refractivity contribution in [3.05, 3.63) is 29.7 Å².